The molecule has 1 spiro atoms. The Hall–Kier alpha value is -0.650. The molecule has 21 heavy (non-hydrogen) atoms. The van der Waals surface area contributed by atoms with Gasteiger partial charge in [-0.25, -0.2) is 0 Å². The maximum atomic E-state index is 12.2. The minimum Gasteiger partial charge on any atom is -0.468 e. The quantitative estimate of drug-likeness (QED) is 0.727. The molecule has 0 aliphatic carbocycles. The van der Waals surface area contributed by atoms with Gasteiger partial charge < -0.3 is 14.2 Å². The van der Waals surface area contributed by atoms with Crippen molar-refractivity contribution < 1.29 is 19.0 Å². The van der Waals surface area contributed by atoms with Crippen molar-refractivity contribution in [1.29, 1.82) is 0 Å². The largest absolute Gasteiger partial charge is 0.468 e. The molecule has 0 aromatic rings. The molecule has 122 valence electrons. The summed E-state index contributed by atoms with van der Waals surface area (Å²) in [5.74, 6) is -0.129. The lowest BCUT2D eigenvalue weighted by molar-refractivity contribution is -0.205. The van der Waals surface area contributed by atoms with E-state index in [0.29, 0.717) is 6.61 Å². The number of esters is 1. The smallest absolute Gasteiger partial charge is 0.323 e. The second kappa shape index (κ2) is 6.63. The average molecular weight is 299 g/mol. The summed E-state index contributed by atoms with van der Waals surface area (Å²) < 4.78 is 16.9. The molecule has 2 aliphatic heterocycles. The number of unbranched alkanes of at least 4 members (excludes halogenated alkanes) is 1. The number of hydrogen-bond donors (Lipinski definition) is 0. The second-order valence-electron chi connectivity index (χ2n) is 6.93. The Morgan fingerprint density at radius 2 is 2.14 bits per heavy atom. The molecule has 0 amide bonds. The Morgan fingerprint density at radius 3 is 2.71 bits per heavy atom. The molecule has 0 saturated carbocycles. The van der Waals surface area contributed by atoms with Gasteiger partial charge in [0, 0.05) is 26.1 Å². The summed E-state index contributed by atoms with van der Waals surface area (Å²) in [5, 5.41) is 0. The molecule has 2 rings (SSSR count). The first kappa shape index (κ1) is 16.7. The predicted molar refractivity (Wildman–Crippen MR) is 80.2 cm³/mol. The van der Waals surface area contributed by atoms with E-state index < -0.39 is 0 Å². The number of hydrogen-bond acceptors (Lipinski definition) is 5. The lowest BCUT2D eigenvalue weighted by Gasteiger charge is -2.49. The van der Waals surface area contributed by atoms with Crippen LogP contribution in [0.25, 0.3) is 0 Å². The van der Waals surface area contributed by atoms with Crippen molar-refractivity contribution in [2.75, 3.05) is 33.4 Å². The van der Waals surface area contributed by atoms with Crippen molar-refractivity contribution in [2.24, 2.45) is 0 Å². The average Bonchev–Trinajstić information content (AvgIpc) is 2.84. The molecule has 0 bridgehead atoms. The van der Waals surface area contributed by atoms with Crippen molar-refractivity contribution in [3.63, 3.8) is 0 Å². The van der Waals surface area contributed by atoms with E-state index >= 15 is 0 Å². The number of carbonyl (C=O) groups is 1. The molecular weight excluding hydrogens is 270 g/mol. The van der Waals surface area contributed by atoms with Crippen LogP contribution in [0.2, 0.25) is 0 Å². The Morgan fingerprint density at radius 1 is 1.38 bits per heavy atom. The molecular formula is C16H29NO4. The van der Waals surface area contributed by atoms with Crippen molar-refractivity contribution in [1.82, 2.24) is 4.90 Å². The Balaban J connectivity index is 2.15. The summed E-state index contributed by atoms with van der Waals surface area (Å²) in [7, 11) is 1.47. The van der Waals surface area contributed by atoms with E-state index in [9.17, 15) is 4.79 Å². The van der Waals surface area contributed by atoms with Gasteiger partial charge in [0.15, 0.2) is 0 Å². The molecule has 0 radical (unpaired) electrons. The zero-order valence-corrected chi connectivity index (χ0v) is 13.8. The van der Waals surface area contributed by atoms with E-state index in [0.717, 1.165) is 45.4 Å². The van der Waals surface area contributed by atoms with Crippen LogP contribution in [-0.4, -0.2) is 61.5 Å². The molecule has 2 saturated heterocycles. The zero-order valence-electron chi connectivity index (χ0n) is 13.8. The number of carbonyl (C=O) groups excluding carboxylic acids is 1. The van der Waals surface area contributed by atoms with Gasteiger partial charge in [0.2, 0.25) is 0 Å². The van der Waals surface area contributed by atoms with Gasteiger partial charge in [0.25, 0.3) is 0 Å². The third kappa shape index (κ3) is 3.96. The van der Waals surface area contributed by atoms with Crippen LogP contribution in [0.4, 0.5) is 0 Å². The fraction of sp³-hybridized carbons (Fsp3) is 0.938. The van der Waals surface area contributed by atoms with E-state index in [1.165, 1.54) is 7.11 Å². The van der Waals surface area contributed by atoms with Crippen LogP contribution in [-0.2, 0) is 19.0 Å². The number of ether oxygens (including phenoxy) is 3. The van der Waals surface area contributed by atoms with Crippen LogP contribution in [0.5, 0.6) is 0 Å². The van der Waals surface area contributed by atoms with Crippen LogP contribution >= 0.6 is 0 Å². The van der Waals surface area contributed by atoms with E-state index in [4.69, 9.17) is 14.2 Å². The zero-order chi connectivity index (χ0) is 15.5. The lowest BCUT2D eigenvalue weighted by atomic mass is 9.92. The summed E-state index contributed by atoms with van der Waals surface area (Å²) in [4.78, 5) is 14.4. The van der Waals surface area contributed by atoms with Gasteiger partial charge in [-0.15, -0.1) is 0 Å². The fourth-order valence-electron chi connectivity index (χ4n) is 3.56. The van der Waals surface area contributed by atoms with Crippen molar-refractivity contribution >= 4 is 5.97 Å². The van der Waals surface area contributed by atoms with Gasteiger partial charge in [-0.3, -0.25) is 9.69 Å². The normalized spacial score (nSPS) is 30.5. The molecule has 2 fully saturated rings. The van der Waals surface area contributed by atoms with Crippen LogP contribution in [0, 0.1) is 0 Å². The van der Waals surface area contributed by atoms with Gasteiger partial charge in [0.05, 0.1) is 19.3 Å². The number of morpholine rings is 1. The van der Waals surface area contributed by atoms with Gasteiger partial charge >= 0.3 is 5.97 Å². The molecule has 5 heteroatoms. The first-order valence-electron chi connectivity index (χ1n) is 8.01. The van der Waals surface area contributed by atoms with Crippen LogP contribution in [0.15, 0.2) is 0 Å². The Labute approximate surface area is 127 Å². The highest BCUT2D eigenvalue weighted by Gasteiger charge is 2.49. The SMILES string of the molecule is CCCCC(C(=O)OC)N1CC(C)(C)OC2(CCOC2)C1. The second-order valence-corrected chi connectivity index (χ2v) is 6.93. The van der Waals surface area contributed by atoms with Crippen molar-refractivity contribution in [3.05, 3.63) is 0 Å². The van der Waals surface area contributed by atoms with E-state index in [1.54, 1.807) is 0 Å². The third-order valence-electron chi connectivity index (χ3n) is 4.38. The summed E-state index contributed by atoms with van der Waals surface area (Å²) >= 11 is 0. The summed E-state index contributed by atoms with van der Waals surface area (Å²) in [5.41, 5.74) is -0.537. The minimum absolute atomic E-state index is 0.129. The minimum atomic E-state index is -0.273. The van der Waals surface area contributed by atoms with Crippen LogP contribution < -0.4 is 0 Å². The van der Waals surface area contributed by atoms with E-state index in [1.807, 2.05) is 0 Å². The molecule has 5 nitrogen and oxygen atoms in total. The third-order valence-corrected chi connectivity index (χ3v) is 4.38. The molecule has 0 N–H and O–H groups in total. The van der Waals surface area contributed by atoms with Gasteiger partial charge in [-0.1, -0.05) is 19.8 Å². The summed E-state index contributed by atoms with van der Waals surface area (Å²) in [6.07, 6.45) is 3.85. The highest BCUT2D eigenvalue weighted by atomic mass is 16.6. The van der Waals surface area contributed by atoms with Crippen molar-refractivity contribution in [2.45, 2.75) is 63.7 Å². The van der Waals surface area contributed by atoms with E-state index in [-0.39, 0.29) is 23.2 Å². The highest BCUT2D eigenvalue weighted by molar-refractivity contribution is 5.75. The fourth-order valence-corrected chi connectivity index (χ4v) is 3.56. The standard InChI is InChI=1S/C16H29NO4/c1-5-6-7-13(14(18)19-4)17-10-15(2,3)21-16(11-17)8-9-20-12-16/h13H,5-12H2,1-4H3. The maximum Gasteiger partial charge on any atom is 0.323 e. The first-order chi connectivity index (χ1) is 9.91. The number of rotatable bonds is 5. The topological polar surface area (TPSA) is 48.0 Å². The summed E-state index contributed by atoms with van der Waals surface area (Å²) in [6.45, 7) is 9.18. The van der Waals surface area contributed by atoms with Crippen LogP contribution in [0.3, 0.4) is 0 Å². The molecule has 0 aromatic carbocycles. The Bertz CT molecular complexity index is 363. The van der Waals surface area contributed by atoms with E-state index in [2.05, 4.69) is 25.7 Å². The van der Waals surface area contributed by atoms with Crippen LogP contribution in [0.1, 0.15) is 46.5 Å². The molecule has 2 heterocycles. The van der Waals surface area contributed by atoms with Gasteiger partial charge in [-0.05, 0) is 20.3 Å². The molecule has 2 aliphatic rings. The number of methoxy groups -OCH3 is 1. The maximum absolute atomic E-state index is 12.2. The molecule has 0 aromatic heterocycles. The Kier molecular flexibility index (Phi) is 5.28. The van der Waals surface area contributed by atoms with Gasteiger partial charge in [-0.2, -0.15) is 0 Å². The first-order valence-corrected chi connectivity index (χ1v) is 8.01. The molecule has 2 atom stereocenters. The monoisotopic (exact) mass is 299 g/mol. The lowest BCUT2D eigenvalue weighted by Crippen LogP contribution is -2.63. The summed E-state index contributed by atoms with van der Waals surface area (Å²) in [6, 6.07) is -0.171. The van der Waals surface area contributed by atoms with Gasteiger partial charge in [0.1, 0.15) is 11.6 Å². The number of nitrogens with zero attached hydrogens (tertiary/aromatic N) is 1. The molecule has 2 unspecified atom stereocenters. The highest BCUT2D eigenvalue weighted by Crippen LogP contribution is 2.36. The predicted octanol–water partition coefficient (Wildman–Crippen LogP) is 1.99. The van der Waals surface area contributed by atoms with Crippen molar-refractivity contribution in [3.8, 4) is 0 Å².